The molecule has 0 spiro atoms. The van der Waals surface area contributed by atoms with Crippen molar-refractivity contribution in [1.82, 2.24) is 4.98 Å². The molecule has 6 nitrogen and oxygen atoms in total. The van der Waals surface area contributed by atoms with Crippen molar-refractivity contribution in [1.29, 1.82) is 0 Å². The molecule has 6 heteroatoms. The maximum atomic E-state index is 12.5. The highest BCUT2D eigenvalue weighted by Crippen LogP contribution is 2.28. The predicted octanol–water partition coefficient (Wildman–Crippen LogP) is 4.71. The molecule has 144 valence electrons. The molecule has 0 saturated heterocycles. The van der Waals surface area contributed by atoms with E-state index in [0.717, 1.165) is 16.9 Å². The first kappa shape index (κ1) is 19.2. The third kappa shape index (κ3) is 4.40. The smallest absolute Gasteiger partial charge is 0.256 e. The molecule has 0 radical (unpaired) electrons. The van der Waals surface area contributed by atoms with Crippen molar-refractivity contribution >= 4 is 23.1 Å². The zero-order valence-electron chi connectivity index (χ0n) is 16.4. The second kappa shape index (κ2) is 8.43. The van der Waals surface area contributed by atoms with E-state index in [-0.39, 0.29) is 5.91 Å². The number of hydrogen-bond donors (Lipinski definition) is 2. The topological polar surface area (TPSA) is 72.5 Å². The van der Waals surface area contributed by atoms with Gasteiger partial charge in [0, 0.05) is 11.3 Å². The first-order valence-corrected chi connectivity index (χ1v) is 8.84. The van der Waals surface area contributed by atoms with E-state index in [1.54, 1.807) is 37.6 Å². The van der Waals surface area contributed by atoms with Gasteiger partial charge in [-0.2, -0.15) is 0 Å². The quantitative estimate of drug-likeness (QED) is 0.651. The number of nitrogens with zero attached hydrogens (tertiary/aromatic N) is 1. The number of aromatic nitrogens is 1. The Balaban J connectivity index is 1.70. The molecule has 0 saturated carbocycles. The van der Waals surface area contributed by atoms with Gasteiger partial charge in [0.2, 0.25) is 0 Å². The van der Waals surface area contributed by atoms with Gasteiger partial charge in [-0.25, -0.2) is 4.98 Å². The number of carbonyl (C=O) groups excluding carboxylic acids is 1. The molecule has 1 amide bonds. The van der Waals surface area contributed by atoms with Crippen LogP contribution < -0.4 is 20.1 Å². The summed E-state index contributed by atoms with van der Waals surface area (Å²) in [6, 6.07) is 14.9. The van der Waals surface area contributed by atoms with Crippen LogP contribution in [0.3, 0.4) is 0 Å². The summed E-state index contributed by atoms with van der Waals surface area (Å²) in [5, 5.41) is 6.13. The Hall–Kier alpha value is -3.54. The summed E-state index contributed by atoms with van der Waals surface area (Å²) < 4.78 is 10.4. The van der Waals surface area contributed by atoms with Crippen LogP contribution in [-0.2, 0) is 0 Å². The van der Waals surface area contributed by atoms with E-state index in [1.165, 1.54) is 12.7 Å². The molecule has 0 atom stereocenters. The number of hydrogen-bond acceptors (Lipinski definition) is 5. The van der Waals surface area contributed by atoms with Crippen molar-refractivity contribution < 1.29 is 14.3 Å². The monoisotopic (exact) mass is 377 g/mol. The van der Waals surface area contributed by atoms with Gasteiger partial charge in [0.05, 0.1) is 26.1 Å². The van der Waals surface area contributed by atoms with E-state index in [9.17, 15) is 4.79 Å². The molecular formula is C22H23N3O3. The average molecular weight is 377 g/mol. The number of aryl methyl sites for hydroxylation is 2. The van der Waals surface area contributed by atoms with Crippen LogP contribution in [0.15, 0.2) is 54.7 Å². The van der Waals surface area contributed by atoms with Gasteiger partial charge in [-0.3, -0.25) is 4.79 Å². The van der Waals surface area contributed by atoms with Crippen molar-refractivity contribution in [2.75, 3.05) is 24.9 Å². The van der Waals surface area contributed by atoms with Crippen LogP contribution in [0.25, 0.3) is 0 Å². The maximum absolute atomic E-state index is 12.5. The van der Waals surface area contributed by atoms with Crippen molar-refractivity contribution in [3.63, 3.8) is 0 Å². The van der Waals surface area contributed by atoms with Crippen LogP contribution >= 0.6 is 0 Å². The predicted molar refractivity (Wildman–Crippen MR) is 111 cm³/mol. The van der Waals surface area contributed by atoms with Gasteiger partial charge in [0.1, 0.15) is 5.82 Å². The molecule has 0 bridgehead atoms. The molecule has 3 aromatic rings. The van der Waals surface area contributed by atoms with E-state index >= 15 is 0 Å². The SMILES string of the molecule is COc1ccc(C(=O)Nc2ccc(Nc3cc(C)ccc3C)cn2)cc1OC. The van der Waals surface area contributed by atoms with Crippen LogP contribution in [0.4, 0.5) is 17.2 Å². The van der Waals surface area contributed by atoms with Gasteiger partial charge in [0.25, 0.3) is 5.91 Å². The van der Waals surface area contributed by atoms with Gasteiger partial charge in [-0.1, -0.05) is 12.1 Å². The van der Waals surface area contributed by atoms with Gasteiger partial charge in [0.15, 0.2) is 11.5 Å². The molecular weight excluding hydrogens is 354 g/mol. The molecule has 1 heterocycles. The first-order valence-electron chi connectivity index (χ1n) is 8.84. The Morgan fingerprint density at radius 3 is 2.39 bits per heavy atom. The molecule has 2 N–H and O–H groups in total. The maximum Gasteiger partial charge on any atom is 0.256 e. The van der Waals surface area contributed by atoms with Crippen molar-refractivity contribution in [3.05, 3.63) is 71.4 Å². The van der Waals surface area contributed by atoms with Crippen molar-refractivity contribution in [2.24, 2.45) is 0 Å². The fourth-order valence-corrected chi connectivity index (χ4v) is 2.73. The second-order valence-corrected chi connectivity index (χ2v) is 6.40. The fourth-order valence-electron chi connectivity index (χ4n) is 2.73. The lowest BCUT2D eigenvalue weighted by molar-refractivity contribution is 0.102. The van der Waals surface area contributed by atoms with Gasteiger partial charge in [-0.15, -0.1) is 0 Å². The molecule has 28 heavy (non-hydrogen) atoms. The second-order valence-electron chi connectivity index (χ2n) is 6.40. The summed E-state index contributed by atoms with van der Waals surface area (Å²) in [5.41, 5.74) is 4.66. The number of amides is 1. The number of ether oxygens (including phenoxy) is 2. The van der Waals surface area contributed by atoms with Gasteiger partial charge in [-0.05, 0) is 61.4 Å². The Morgan fingerprint density at radius 2 is 1.71 bits per heavy atom. The lowest BCUT2D eigenvalue weighted by atomic mass is 10.1. The van der Waals surface area contributed by atoms with E-state index < -0.39 is 0 Å². The largest absolute Gasteiger partial charge is 0.493 e. The number of nitrogens with one attached hydrogen (secondary N) is 2. The lowest BCUT2D eigenvalue weighted by Gasteiger charge is -2.12. The van der Waals surface area contributed by atoms with Crippen molar-refractivity contribution in [2.45, 2.75) is 13.8 Å². The molecule has 2 aromatic carbocycles. The average Bonchev–Trinajstić information content (AvgIpc) is 2.71. The summed E-state index contributed by atoms with van der Waals surface area (Å²) in [6.07, 6.45) is 1.69. The summed E-state index contributed by atoms with van der Waals surface area (Å²) in [4.78, 5) is 16.8. The number of rotatable bonds is 6. The summed E-state index contributed by atoms with van der Waals surface area (Å²) in [5.74, 6) is 1.25. The third-order valence-electron chi connectivity index (χ3n) is 4.32. The minimum absolute atomic E-state index is 0.274. The molecule has 0 aliphatic heterocycles. The number of methoxy groups -OCH3 is 2. The highest BCUT2D eigenvalue weighted by atomic mass is 16.5. The van der Waals surface area contributed by atoms with Gasteiger partial charge >= 0.3 is 0 Å². The minimum Gasteiger partial charge on any atom is -0.493 e. The summed E-state index contributed by atoms with van der Waals surface area (Å²) >= 11 is 0. The van der Waals surface area contributed by atoms with Crippen molar-refractivity contribution in [3.8, 4) is 11.5 Å². The fraction of sp³-hybridized carbons (Fsp3) is 0.182. The van der Waals surface area contributed by atoms with Crippen LogP contribution in [0, 0.1) is 13.8 Å². The van der Waals surface area contributed by atoms with Crippen LogP contribution in [-0.4, -0.2) is 25.1 Å². The van der Waals surface area contributed by atoms with E-state index in [2.05, 4.69) is 40.7 Å². The Labute approximate surface area is 164 Å². The summed E-state index contributed by atoms with van der Waals surface area (Å²) in [6.45, 7) is 4.10. The van der Waals surface area contributed by atoms with Crippen LogP contribution in [0.1, 0.15) is 21.5 Å². The van der Waals surface area contributed by atoms with Crippen LogP contribution in [0.5, 0.6) is 11.5 Å². The van der Waals surface area contributed by atoms with Gasteiger partial charge < -0.3 is 20.1 Å². The number of pyridine rings is 1. The molecule has 0 aliphatic rings. The Kier molecular flexibility index (Phi) is 5.79. The molecule has 0 fully saturated rings. The molecule has 0 aliphatic carbocycles. The molecule has 0 unspecified atom stereocenters. The van der Waals surface area contributed by atoms with E-state index in [1.807, 2.05) is 13.0 Å². The molecule has 3 rings (SSSR count). The number of carbonyl (C=O) groups is 1. The normalized spacial score (nSPS) is 10.3. The van der Waals surface area contributed by atoms with E-state index in [4.69, 9.17) is 9.47 Å². The first-order chi connectivity index (χ1) is 13.5. The highest BCUT2D eigenvalue weighted by Gasteiger charge is 2.11. The van der Waals surface area contributed by atoms with Crippen LogP contribution in [0.2, 0.25) is 0 Å². The minimum atomic E-state index is -0.274. The zero-order valence-corrected chi connectivity index (χ0v) is 16.4. The number of anilines is 3. The molecule has 1 aromatic heterocycles. The zero-order chi connectivity index (χ0) is 20.1. The summed E-state index contributed by atoms with van der Waals surface area (Å²) in [7, 11) is 3.08. The Bertz CT molecular complexity index is 985. The Morgan fingerprint density at radius 1 is 0.929 bits per heavy atom. The van der Waals surface area contributed by atoms with E-state index in [0.29, 0.717) is 22.9 Å². The third-order valence-corrected chi connectivity index (χ3v) is 4.32. The highest BCUT2D eigenvalue weighted by molar-refractivity contribution is 6.04. The lowest BCUT2D eigenvalue weighted by Crippen LogP contribution is -2.13. The standard InChI is InChI=1S/C22H23N3O3/c1-14-5-6-15(2)18(11-14)24-17-8-10-21(23-13-17)25-22(26)16-7-9-19(27-3)20(12-16)28-4/h5-13,24H,1-4H3,(H,23,25,26). The number of benzene rings is 2.